The lowest BCUT2D eigenvalue weighted by Gasteiger charge is -2.34. The summed E-state index contributed by atoms with van der Waals surface area (Å²) >= 11 is 0. The minimum absolute atomic E-state index is 0.0593. The van der Waals surface area contributed by atoms with Crippen molar-refractivity contribution in [2.75, 3.05) is 45.2 Å². The SMILES string of the molecule is COc1ccc(F)cc1C(c1cc2ccccc2[nH]1)N1Cc2ccc(N3CCN(C)CC3)cc2C1=O. The van der Waals surface area contributed by atoms with E-state index in [-0.39, 0.29) is 11.7 Å². The third kappa shape index (κ3) is 3.89. The number of para-hydroxylation sites is 1. The Bertz CT molecular complexity index is 1410. The molecule has 0 aliphatic carbocycles. The normalized spacial score (nSPS) is 17.0. The predicted molar refractivity (Wildman–Crippen MR) is 139 cm³/mol. The Balaban J connectivity index is 1.42. The van der Waals surface area contributed by atoms with Crippen molar-refractivity contribution in [2.45, 2.75) is 12.6 Å². The van der Waals surface area contributed by atoms with Crippen LogP contribution in [0.25, 0.3) is 10.9 Å². The Morgan fingerprint density at radius 2 is 1.78 bits per heavy atom. The van der Waals surface area contributed by atoms with Crippen molar-refractivity contribution in [3.63, 3.8) is 0 Å². The number of likely N-dealkylation sites (N-methyl/N-ethyl adjacent to an activating group) is 1. The molecule has 7 heteroatoms. The molecule has 3 aromatic carbocycles. The van der Waals surface area contributed by atoms with Crippen molar-refractivity contribution >= 4 is 22.5 Å². The molecule has 36 heavy (non-hydrogen) atoms. The van der Waals surface area contributed by atoms with Gasteiger partial charge in [0.1, 0.15) is 17.6 Å². The van der Waals surface area contributed by atoms with Crippen molar-refractivity contribution in [3.05, 3.63) is 94.9 Å². The fraction of sp³-hybridized carbons (Fsp3) is 0.276. The number of carbonyl (C=O) groups excluding carboxylic acids is 1. The van der Waals surface area contributed by atoms with Crippen LogP contribution in [0.5, 0.6) is 5.75 Å². The number of H-pyrrole nitrogens is 1. The summed E-state index contributed by atoms with van der Waals surface area (Å²) in [5.41, 5.74) is 5.17. The second kappa shape index (κ2) is 8.99. The number of hydrogen-bond donors (Lipinski definition) is 1. The summed E-state index contributed by atoms with van der Waals surface area (Å²) in [6.07, 6.45) is 0. The molecule has 2 aliphatic rings. The lowest BCUT2D eigenvalue weighted by molar-refractivity contribution is 0.0726. The Morgan fingerprint density at radius 3 is 2.56 bits per heavy atom. The summed E-state index contributed by atoms with van der Waals surface area (Å²) < 4.78 is 20.1. The molecule has 1 fully saturated rings. The first kappa shape index (κ1) is 22.6. The third-order valence-corrected chi connectivity index (χ3v) is 7.44. The second-order valence-electron chi connectivity index (χ2n) is 9.67. The van der Waals surface area contributed by atoms with Crippen LogP contribution in [0.3, 0.4) is 0 Å². The van der Waals surface area contributed by atoms with Gasteiger partial charge in [0.2, 0.25) is 0 Å². The van der Waals surface area contributed by atoms with Gasteiger partial charge in [-0.15, -0.1) is 0 Å². The van der Waals surface area contributed by atoms with Gasteiger partial charge in [-0.2, -0.15) is 0 Å². The van der Waals surface area contributed by atoms with Crippen LogP contribution in [0.15, 0.2) is 66.7 Å². The van der Waals surface area contributed by atoms with Crippen LogP contribution in [-0.4, -0.2) is 61.0 Å². The zero-order valence-electron chi connectivity index (χ0n) is 20.5. The minimum Gasteiger partial charge on any atom is -0.496 e. The third-order valence-electron chi connectivity index (χ3n) is 7.44. The van der Waals surface area contributed by atoms with Crippen LogP contribution < -0.4 is 9.64 Å². The van der Waals surface area contributed by atoms with Crippen LogP contribution >= 0.6 is 0 Å². The smallest absolute Gasteiger partial charge is 0.255 e. The largest absolute Gasteiger partial charge is 0.496 e. The van der Waals surface area contributed by atoms with E-state index >= 15 is 0 Å². The molecule has 0 bridgehead atoms. The van der Waals surface area contributed by atoms with E-state index in [1.807, 2.05) is 41.3 Å². The van der Waals surface area contributed by atoms with E-state index in [4.69, 9.17) is 4.74 Å². The van der Waals surface area contributed by atoms with Crippen molar-refractivity contribution < 1.29 is 13.9 Å². The average Bonchev–Trinajstić information content (AvgIpc) is 3.46. The van der Waals surface area contributed by atoms with Gasteiger partial charge in [0, 0.05) is 60.7 Å². The maximum absolute atomic E-state index is 14.5. The molecule has 1 unspecified atom stereocenters. The first-order valence-electron chi connectivity index (χ1n) is 12.3. The van der Waals surface area contributed by atoms with Gasteiger partial charge in [0.05, 0.1) is 7.11 Å². The molecule has 3 heterocycles. The number of nitrogens with one attached hydrogen (secondary N) is 1. The molecule has 0 spiro atoms. The predicted octanol–water partition coefficient (Wildman–Crippen LogP) is 4.81. The highest BCUT2D eigenvalue weighted by molar-refractivity contribution is 6.00. The Morgan fingerprint density at radius 1 is 0.972 bits per heavy atom. The average molecular weight is 485 g/mol. The summed E-state index contributed by atoms with van der Waals surface area (Å²) in [6, 6.07) is 20.2. The number of aromatic amines is 1. The van der Waals surface area contributed by atoms with Gasteiger partial charge in [0.25, 0.3) is 5.91 Å². The molecule has 4 aromatic rings. The molecule has 184 valence electrons. The van der Waals surface area contributed by atoms with E-state index in [1.165, 1.54) is 12.1 Å². The number of hydrogen-bond acceptors (Lipinski definition) is 4. The monoisotopic (exact) mass is 484 g/mol. The van der Waals surface area contributed by atoms with Crippen LogP contribution in [0.2, 0.25) is 0 Å². The molecule has 6 rings (SSSR count). The molecule has 1 N–H and O–H groups in total. The van der Waals surface area contributed by atoms with E-state index in [9.17, 15) is 9.18 Å². The number of benzene rings is 3. The standard InChI is InChI=1S/C29H29FN4O2/c1-32-11-13-33(14-12-32)22-9-7-20-18-34(29(35)23(20)17-22)28(24-16-21(30)8-10-27(24)36-2)26-15-19-5-3-4-6-25(19)31-26/h3-10,15-17,28,31H,11-14,18H2,1-2H3. The first-order chi connectivity index (χ1) is 17.5. The Labute approximate surface area is 209 Å². The van der Waals surface area contributed by atoms with Crippen LogP contribution in [-0.2, 0) is 6.54 Å². The summed E-state index contributed by atoms with van der Waals surface area (Å²) in [6.45, 7) is 4.31. The summed E-state index contributed by atoms with van der Waals surface area (Å²) in [5, 5.41) is 1.04. The maximum atomic E-state index is 14.5. The van der Waals surface area contributed by atoms with Gasteiger partial charge in [-0.05, 0) is 60.5 Å². The lowest BCUT2D eigenvalue weighted by Crippen LogP contribution is -2.44. The number of rotatable bonds is 5. The Hall–Kier alpha value is -3.84. The van der Waals surface area contributed by atoms with Gasteiger partial charge in [-0.3, -0.25) is 4.79 Å². The number of halogens is 1. The molecular formula is C29H29FN4O2. The summed E-state index contributed by atoms with van der Waals surface area (Å²) in [7, 11) is 3.70. The van der Waals surface area contributed by atoms with Crippen LogP contribution in [0.1, 0.15) is 33.2 Å². The number of amides is 1. The molecule has 0 radical (unpaired) electrons. The second-order valence-corrected chi connectivity index (χ2v) is 9.67. The number of ether oxygens (including phenoxy) is 1. The highest BCUT2D eigenvalue weighted by atomic mass is 19.1. The van der Waals surface area contributed by atoms with E-state index in [0.717, 1.165) is 54.0 Å². The minimum atomic E-state index is -0.532. The molecular weight excluding hydrogens is 455 g/mol. The highest BCUT2D eigenvalue weighted by Crippen LogP contribution is 2.41. The maximum Gasteiger partial charge on any atom is 0.255 e. The van der Waals surface area contributed by atoms with Gasteiger partial charge >= 0.3 is 0 Å². The zero-order chi connectivity index (χ0) is 24.8. The molecule has 6 nitrogen and oxygen atoms in total. The molecule has 1 aromatic heterocycles. The first-order valence-corrected chi connectivity index (χ1v) is 12.3. The molecule has 1 saturated heterocycles. The number of carbonyl (C=O) groups is 1. The van der Waals surface area contributed by atoms with Crippen molar-refractivity contribution in [1.82, 2.24) is 14.8 Å². The number of methoxy groups -OCH3 is 1. The fourth-order valence-corrected chi connectivity index (χ4v) is 5.45. The fourth-order valence-electron chi connectivity index (χ4n) is 5.45. The topological polar surface area (TPSA) is 51.8 Å². The van der Waals surface area contributed by atoms with Crippen molar-refractivity contribution in [3.8, 4) is 5.75 Å². The molecule has 1 atom stereocenters. The molecule has 1 amide bonds. The van der Waals surface area contributed by atoms with Gasteiger partial charge in [-0.1, -0.05) is 24.3 Å². The van der Waals surface area contributed by atoms with E-state index in [2.05, 4.69) is 34.0 Å². The quantitative estimate of drug-likeness (QED) is 0.442. The van der Waals surface area contributed by atoms with Gasteiger partial charge < -0.3 is 24.4 Å². The van der Waals surface area contributed by atoms with E-state index in [1.54, 1.807) is 13.2 Å². The number of nitrogens with zero attached hydrogens (tertiary/aromatic N) is 3. The van der Waals surface area contributed by atoms with Crippen LogP contribution in [0.4, 0.5) is 10.1 Å². The van der Waals surface area contributed by atoms with E-state index in [0.29, 0.717) is 23.4 Å². The van der Waals surface area contributed by atoms with Gasteiger partial charge in [-0.25, -0.2) is 4.39 Å². The molecule has 2 aliphatic heterocycles. The van der Waals surface area contributed by atoms with Crippen molar-refractivity contribution in [1.29, 1.82) is 0 Å². The number of fused-ring (bicyclic) bond motifs is 2. The van der Waals surface area contributed by atoms with E-state index < -0.39 is 6.04 Å². The number of piperazine rings is 1. The number of aromatic nitrogens is 1. The summed E-state index contributed by atoms with van der Waals surface area (Å²) in [5.74, 6) is 0.117. The lowest BCUT2D eigenvalue weighted by atomic mass is 10.0. The Kier molecular flexibility index (Phi) is 5.64. The molecule has 0 saturated carbocycles. The van der Waals surface area contributed by atoms with Crippen molar-refractivity contribution in [2.24, 2.45) is 0 Å². The van der Waals surface area contributed by atoms with Gasteiger partial charge in [0.15, 0.2) is 0 Å². The van der Waals surface area contributed by atoms with Crippen LogP contribution in [0, 0.1) is 5.82 Å². The number of anilines is 1. The summed E-state index contributed by atoms with van der Waals surface area (Å²) in [4.78, 5) is 23.9. The zero-order valence-corrected chi connectivity index (χ0v) is 20.5. The highest BCUT2D eigenvalue weighted by Gasteiger charge is 2.37.